The first-order valence-electron chi connectivity index (χ1n) is 8.49. The summed E-state index contributed by atoms with van der Waals surface area (Å²) in [5, 5.41) is 0. The second-order valence-corrected chi connectivity index (χ2v) is 6.49. The van der Waals surface area contributed by atoms with Crippen molar-refractivity contribution in [1.82, 2.24) is 9.80 Å². The summed E-state index contributed by atoms with van der Waals surface area (Å²) in [7, 11) is 0. The summed E-state index contributed by atoms with van der Waals surface area (Å²) >= 11 is 0. The Hall–Kier alpha value is -1.59. The number of amides is 1. The van der Waals surface area contributed by atoms with Crippen molar-refractivity contribution in [2.24, 2.45) is 0 Å². The monoisotopic (exact) mass is 318 g/mol. The molecule has 0 bridgehead atoms. The number of fused-ring (bicyclic) bond motifs is 1. The molecule has 2 heterocycles. The molecule has 5 heteroatoms. The number of rotatable bonds is 5. The van der Waals surface area contributed by atoms with Gasteiger partial charge in [0.15, 0.2) is 0 Å². The van der Waals surface area contributed by atoms with Crippen molar-refractivity contribution in [3.63, 3.8) is 0 Å². The fourth-order valence-corrected chi connectivity index (χ4v) is 3.20. The number of hydrogen-bond donors (Lipinski definition) is 0. The minimum absolute atomic E-state index is 0.137. The lowest BCUT2D eigenvalue weighted by molar-refractivity contribution is -0.134. The van der Waals surface area contributed by atoms with E-state index in [2.05, 4.69) is 18.7 Å². The summed E-state index contributed by atoms with van der Waals surface area (Å²) in [6.45, 7) is 9.70. The zero-order chi connectivity index (χ0) is 16.2. The topological polar surface area (TPSA) is 42.0 Å². The summed E-state index contributed by atoms with van der Waals surface area (Å²) in [4.78, 5) is 17.1. The Labute approximate surface area is 138 Å². The number of carbonyl (C=O) groups excluding carboxylic acids is 1. The predicted octanol–water partition coefficient (Wildman–Crippen LogP) is 1.73. The van der Waals surface area contributed by atoms with E-state index < -0.39 is 0 Å². The Morgan fingerprint density at radius 3 is 2.74 bits per heavy atom. The largest absolute Gasteiger partial charge is 0.492 e. The van der Waals surface area contributed by atoms with Crippen LogP contribution in [0.15, 0.2) is 24.3 Å². The van der Waals surface area contributed by atoms with Gasteiger partial charge in [0, 0.05) is 38.3 Å². The number of hydrogen-bond acceptors (Lipinski definition) is 4. The van der Waals surface area contributed by atoms with Crippen molar-refractivity contribution in [1.29, 1.82) is 0 Å². The molecule has 1 saturated heterocycles. The summed E-state index contributed by atoms with van der Waals surface area (Å²) in [5.74, 6) is 0.922. The molecular formula is C18H26N2O3. The molecule has 1 atom stereocenters. The molecule has 0 N–H and O–H groups in total. The highest BCUT2D eigenvalue weighted by Crippen LogP contribution is 2.34. The van der Waals surface area contributed by atoms with Crippen molar-refractivity contribution in [2.75, 3.05) is 45.9 Å². The lowest BCUT2D eigenvalue weighted by Gasteiger charge is -2.35. The SMILES string of the molecule is CC(C)OCCN1CCN(C(=O)[C@@H]2COc3ccccc32)CC1. The Morgan fingerprint density at radius 1 is 1.26 bits per heavy atom. The van der Waals surface area contributed by atoms with Gasteiger partial charge in [-0.15, -0.1) is 0 Å². The average molecular weight is 318 g/mol. The van der Waals surface area contributed by atoms with Crippen molar-refractivity contribution < 1.29 is 14.3 Å². The molecule has 1 fully saturated rings. The maximum atomic E-state index is 12.8. The van der Waals surface area contributed by atoms with E-state index in [1.807, 2.05) is 29.2 Å². The van der Waals surface area contributed by atoms with E-state index in [4.69, 9.17) is 9.47 Å². The Balaban J connectivity index is 1.49. The lowest BCUT2D eigenvalue weighted by Crippen LogP contribution is -2.50. The first-order chi connectivity index (χ1) is 11.1. The number of piperazine rings is 1. The minimum atomic E-state index is -0.137. The predicted molar refractivity (Wildman–Crippen MR) is 88.8 cm³/mol. The van der Waals surface area contributed by atoms with Gasteiger partial charge in [-0.1, -0.05) is 18.2 Å². The van der Waals surface area contributed by atoms with Crippen molar-refractivity contribution in [3.05, 3.63) is 29.8 Å². The van der Waals surface area contributed by atoms with Crippen LogP contribution >= 0.6 is 0 Å². The second kappa shape index (κ2) is 7.32. The van der Waals surface area contributed by atoms with E-state index in [9.17, 15) is 4.79 Å². The van der Waals surface area contributed by atoms with Crippen LogP contribution in [0.4, 0.5) is 0 Å². The van der Waals surface area contributed by atoms with E-state index >= 15 is 0 Å². The number of benzene rings is 1. The van der Waals surface area contributed by atoms with Gasteiger partial charge in [-0.3, -0.25) is 9.69 Å². The molecule has 2 aliphatic heterocycles. The first kappa shape index (κ1) is 16.3. The van der Waals surface area contributed by atoms with Crippen LogP contribution in [0.3, 0.4) is 0 Å². The van der Waals surface area contributed by atoms with Crippen molar-refractivity contribution >= 4 is 5.91 Å². The smallest absolute Gasteiger partial charge is 0.233 e. The highest BCUT2D eigenvalue weighted by atomic mass is 16.5. The normalized spacial score (nSPS) is 21.3. The van der Waals surface area contributed by atoms with Crippen LogP contribution in [0.2, 0.25) is 0 Å². The van der Waals surface area contributed by atoms with Gasteiger partial charge in [0.25, 0.3) is 0 Å². The van der Waals surface area contributed by atoms with Gasteiger partial charge in [0.05, 0.1) is 12.7 Å². The highest BCUT2D eigenvalue weighted by molar-refractivity contribution is 5.85. The van der Waals surface area contributed by atoms with Crippen LogP contribution in [0.25, 0.3) is 0 Å². The molecule has 2 aliphatic rings. The van der Waals surface area contributed by atoms with Gasteiger partial charge < -0.3 is 14.4 Å². The third kappa shape index (κ3) is 3.85. The maximum Gasteiger partial charge on any atom is 0.233 e. The number of carbonyl (C=O) groups is 1. The fraction of sp³-hybridized carbons (Fsp3) is 0.611. The minimum Gasteiger partial charge on any atom is -0.492 e. The maximum absolute atomic E-state index is 12.8. The van der Waals surface area contributed by atoms with Crippen molar-refractivity contribution in [3.8, 4) is 5.75 Å². The number of ether oxygens (including phenoxy) is 2. The Bertz CT molecular complexity index is 539. The van der Waals surface area contributed by atoms with Gasteiger partial charge in [0.2, 0.25) is 5.91 Å². The summed E-state index contributed by atoms with van der Waals surface area (Å²) in [6.07, 6.45) is 0.278. The molecule has 3 rings (SSSR count). The summed E-state index contributed by atoms with van der Waals surface area (Å²) in [5.41, 5.74) is 1.03. The van der Waals surface area contributed by atoms with Gasteiger partial charge in [-0.2, -0.15) is 0 Å². The molecule has 0 aliphatic carbocycles. The van der Waals surface area contributed by atoms with Crippen LogP contribution in [0.5, 0.6) is 5.75 Å². The molecule has 0 aromatic heterocycles. The van der Waals surface area contributed by atoms with Crippen LogP contribution < -0.4 is 4.74 Å². The van der Waals surface area contributed by atoms with E-state index in [-0.39, 0.29) is 17.9 Å². The van der Waals surface area contributed by atoms with Gasteiger partial charge in [-0.25, -0.2) is 0 Å². The van der Waals surface area contributed by atoms with Gasteiger partial charge in [0.1, 0.15) is 18.3 Å². The molecule has 1 aromatic carbocycles. The second-order valence-electron chi connectivity index (χ2n) is 6.49. The van der Waals surface area contributed by atoms with Crippen LogP contribution in [0.1, 0.15) is 25.3 Å². The van der Waals surface area contributed by atoms with E-state index in [0.717, 1.165) is 50.6 Å². The fourth-order valence-electron chi connectivity index (χ4n) is 3.20. The number of para-hydroxylation sites is 1. The van der Waals surface area contributed by atoms with Crippen LogP contribution in [-0.4, -0.2) is 67.7 Å². The Morgan fingerprint density at radius 2 is 2.00 bits per heavy atom. The van der Waals surface area contributed by atoms with E-state index in [1.54, 1.807) is 0 Å². The summed E-state index contributed by atoms with van der Waals surface area (Å²) < 4.78 is 11.2. The number of nitrogens with zero attached hydrogens (tertiary/aromatic N) is 2. The summed E-state index contributed by atoms with van der Waals surface area (Å²) in [6, 6.07) is 7.86. The first-order valence-corrected chi connectivity index (χ1v) is 8.49. The molecule has 1 amide bonds. The third-order valence-electron chi connectivity index (χ3n) is 4.54. The quantitative estimate of drug-likeness (QED) is 0.829. The van der Waals surface area contributed by atoms with Gasteiger partial charge >= 0.3 is 0 Å². The van der Waals surface area contributed by atoms with Crippen molar-refractivity contribution in [2.45, 2.75) is 25.9 Å². The zero-order valence-corrected chi connectivity index (χ0v) is 14.0. The Kier molecular flexibility index (Phi) is 5.18. The molecule has 0 radical (unpaired) electrons. The van der Waals surface area contributed by atoms with Crippen LogP contribution in [0, 0.1) is 0 Å². The molecule has 126 valence electrons. The molecule has 5 nitrogen and oxygen atoms in total. The molecular weight excluding hydrogens is 292 g/mol. The van der Waals surface area contributed by atoms with E-state index in [1.165, 1.54) is 0 Å². The third-order valence-corrected chi connectivity index (χ3v) is 4.54. The molecule has 0 unspecified atom stereocenters. The average Bonchev–Trinajstić information content (AvgIpc) is 2.98. The van der Waals surface area contributed by atoms with Gasteiger partial charge in [-0.05, 0) is 19.9 Å². The molecule has 23 heavy (non-hydrogen) atoms. The lowest BCUT2D eigenvalue weighted by atomic mass is 9.99. The highest BCUT2D eigenvalue weighted by Gasteiger charge is 2.34. The zero-order valence-electron chi connectivity index (χ0n) is 14.0. The molecule has 0 saturated carbocycles. The van der Waals surface area contributed by atoms with E-state index in [0.29, 0.717) is 6.61 Å². The molecule has 1 aromatic rings. The van der Waals surface area contributed by atoms with Crippen LogP contribution in [-0.2, 0) is 9.53 Å². The molecule has 0 spiro atoms. The standard InChI is InChI=1S/C18H26N2O3/c1-14(2)22-12-11-19-7-9-20(10-8-19)18(21)16-13-23-17-6-4-3-5-15(16)17/h3-6,14,16H,7-13H2,1-2H3/t16-/m1/s1.